The number of anilines is 1. The predicted molar refractivity (Wildman–Crippen MR) is 118 cm³/mol. The van der Waals surface area contributed by atoms with E-state index in [0.29, 0.717) is 28.0 Å². The van der Waals surface area contributed by atoms with Crippen molar-refractivity contribution >= 4 is 23.5 Å². The zero-order chi connectivity index (χ0) is 23.1. The normalized spacial score (nSPS) is 10.8. The number of halogens is 2. The molecule has 2 aromatic carbocycles. The van der Waals surface area contributed by atoms with Gasteiger partial charge in [-0.2, -0.15) is 0 Å². The van der Waals surface area contributed by atoms with E-state index in [1.165, 1.54) is 42.2 Å². The summed E-state index contributed by atoms with van der Waals surface area (Å²) in [5.41, 5.74) is 0.582. The van der Waals surface area contributed by atoms with E-state index in [9.17, 15) is 18.8 Å². The lowest BCUT2D eigenvalue weighted by atomic mass is 9.98. The summed E-state index contributed by atoms with van der Waals surface area (Å²) in [5.74, 6) is -1.19. The maximum Gasteiger partial charge on any atom is 0.341 e. The van der Waals surface area contributed by atoms with E-state index in [2.05, 4.69) is 10.1 Å². The van der Waals surface area contributed by atoms with Crippen molar-refractivity contribution in [2.75, 3.05) is 24.8 Å². The molecule has 0 spiro atoms. The summed E-state index contributed by atoms with van der Waals surface area (Å²) in [6.45, 7) is 0.143. The number of aromatic nitrogens is 1. The summed E-state index contributed by atoms with van der Waals surface area (Å²) < 4.78 is 34.2. The van der Waals surface area contributed by atoms with E-state index in [-0.39, 0.29) is 30.1 Å². The molecule has 0 unspecified atom stereocenters. The van der Waals surface area contributed by atoms with Crippen LogP contribution >= 0.6 is 11.8 Å². The van der Waals surface area contributed by atoms with E-state index >= 15 is 0 Å². The predicted octanol–water partition coefficient (Wildman–Crippen LogP) is 4.14. The average molecular weight is 461 g/mol. The van der Waals surface area contributed by atoms with Gasteiger partial charge in [-0.15, -0.1) is 11.8 Å². The number of aliphatic hydroxyl groups is 1. The van der Waals surface area contributed by atoms with Gasteiger partial charge >= 0.3 is 5.97 Å². The highest BCUT2D eigenvalue weighted by atomic mass is 32.2. The summed E-state index contributed by atoms with van der Waals surface area (Å²) in [4.78, 5) is 12.8. The molecule has 3 aromatic rings. The number of ether oxygens (including phenoxy) is 1. The molecule has 0 bridgehead atoms. The molecule has 0 atom stereocenters. The van der Waals surface area contributed by atoms with Crippen LogP contribution in [0.3, 0.4) is 0 Å². The molecule has 0 aliphatic heterocycles. The van der Waals surface area contributed by atoms with Crippen LogP contribution in [0.4, 0.5) is 14.6 Å². The van der Waals surface area contributed by atoms with Gasteiger partial charge in [0, 0.05) is 28.9 Å². The lowest BCUT2D eigenvalue weighted by Crippen LogP contribution is -2.30. The second-order valence-electron chi connectivity index (χ2n) is 6.81. The Morgan fingerprint density at radius 1 is 1.19 bits per heavy atom. The molecular formula is C23H22F2N2O4S. The first kappa shape index (κ1) is 23.5. The Balaban J connectivity index is 1.79. The maximum absolute atomic E-state index is 14.8. The highest BCUT2D eigenvalue weighted by Gasteiger charge is 2.19. The number of hydrogen-bond donors (Lipinski definition) is 2. The Morgan fingerprint density at radius 2 is 2.00 bits per heavy atom. The number of hydrogen-bond acceptors (Lipinski definition) is 6. The number of aliphatic hydroxyl groups excluding tert-OH is 1. The molecule has 0 amide bonds. The van der Waals surface area contributed by atoms with Crippen molar-refractivity contribution in [3.63, 3.8) is 0 Å². The topological polar surface area (TPSA) is 85.5 Å². The van der Waals surface area contributed by atoms with Gasteiger partial charge < -0.3 is 15.1 Å². The molecule has 0 saturated carbocycles. The van der Waals surface area contributed by atoms with Gasteiger partial charge in [-0.05, 0) is 35.7 Å². The van der Waals surface area contributed by atoms with Gasteiger partial charge in [-0.1, -0.05) is 24.3 Å². The van der Waals surface area contributed by atoms with Gasteiger partial charge in [0.1, 0.15) is 23.7 Å². The molecule has 0 aliphatic carbocycles. The van der Waals surface area contributed by atoms with Gasteiger partial charge in [-0.3, -0.25) is 5.32 Å². The Labute approximate surface area is 188 Å². The van der Waals surface area contributed by atoms with Crippen LogP contribution in [0.15, 0.2) is 59.6 Å². The van der Waals surface area contributed by atoms with Crippen LogP contribution < -0.4 is 10.0 Å². The van der Waals surface area contributed by atoms with Crippen LogP contribution in [0, 0.1) is 16.8 Å². The third-order valence-corrected chi connectivity index (χ3v) is 5.77. The fourth-order valence-electron chi connectivity index (χ4n) is 3.06. The molecule has 9 heteroatoms. The average Bonchev–Trinajstić information content (AvgIpc) is 2.79. The monoisotopic (exact) mass is 460 g/mol. The van der Waals surface area contributed by atoms with Crippen molar-refractivity contribution in [3.05, 3.63) is 82.7 Å². The number of thioether (sulfide) groups is 1. The lowest BCUT2D eigenvalue weighted by molar-refractivity contribution is -0.590. The number of benzene rings is 2. The molecule has 6 nitrogen and oxygen atoms in total. The first-order valence-corrected chi connectivity index (χ1v) is 10.8. The maximum atomic E-state index is 14.8. The number of nitrogens with zero attached hydrogens (tertiary/aromatic N) is 1. The summed E-state index contributed by atoms with van der Waals surface area (Å²) in [6.07, 6.45) is 2.00. The highest BCUT2D eigenvalue weighted by molar-refractivity contribution is 7.99. The van der Waals surface area contributed by atoms with Crippen LogP contribution in [-0.2, 0) is 11.3 Å². The van der Waals surface area contributed by atoms with E-state index < -0.39 is 17.6 Å². The van der Waals surface area contributed by atoms with Gasteiger partial charge in [0.15, 0.2) is 0 Å². The Hall–Kier alpha value is -3.17. The minimum absolute atomic E-state index is 0.0477. The second-order valence-corrected chi connectivity index (χ2v) is 7.98. The Bertz CT molecular complexity index is 1110. The van der Waals surface area contributed by atoms with Gasteiger partial charge in [-0.25, -0.2) is 18.3 Å². The quantitative estimate of drug-likeness (QED) is 0.164. The summed E-state index contributed by atoms with van der Waals surface area (Å²) in [5, 5.41) is 23.8. The smallest absolute Gasteiger partial charge is 0.341 e. The molecule has 0 saturated heterocycles. The van der Waals surface area contributed by atoms with Crippen LogP contribution in [0.25, 0.3) is 11.1 Å². The van der Waals surface area contributed by atoms with Crippen molar-refractivity contribution in [3.8, 4) is 11.1 Å². The first-order valence-electron chi connectivity index (χ1n) is 9.81. The zero-order valence-corrected chi connectivity index (χ0v) is 18.1. The van der Waals surface area contributed by atoms with Gasteiger partial charge in [0.05, 0.1) is 13.3 Å². The minimum Gasteiger partial charge on any atom is -0.711 e. The van der Waals surface area contributed by atoms with Crippen molar-refractivity contribution in [2.24, 2.45) is 0 Å². The summed E-state index contributed by atoms with van der Waals surface area (Å²) in [7, 11) is 1.15. The molecule has 1 heterocycles. The van der Waals surface area contributed by atoms with Crippen LogP contribution in [-0.4, -0.2) is 30.5 Å². The summed E-state index contributed by atoms with van der Waals surface area (Å²) >= 11 is 1.50. The molecule has 0 radical (unpaired) electrons. The van der Waals surface area contributed by atoms with Crippen molar-refractivity contribution in [2.45, 2.75) is 17.9 Å². The van der Waals surface area contributed by atoms with Gasteiger partial charge in [0.25, 0.3) is 5.82 Å². The molecule has 2 N–H and O–H groups in total. The Morgan fingerprint density at radius 3 is 2.72 bits per heavy atom. The van der Waals surface area contributed by atoms with E-state index in [4.69, 9.17) is 5.11 Å². The lowest BCUT2D eigenvalue weighted by Gasteiger charge is -2.12. The standard InChI is InChI=1S/C23H22F2N2O4S/c1-31-23(29)22-18(4-2-5-19(22)24)15-6-7-16(20(25)12-15)14-26-21-13-17(8-9-27(21)30)32-11-3-10-28/h2,4-9,12-13,26,28H,3,10-11,14H2,1H3. The van der Waals surface area contributed by atoms with E-state index in [0.717, 1.165) is 18.1 Å². The fourth-order valence-corrected chi connectivity index (χ4v) is 3.92. The number of methoxy groups -OCH3 is 1. The Kier molecular flexibility index (Phi) is 8.02. The van der Waals surface area contributed by atoms with Crippen molar-refractivity contribution in [1.82, 2.24) is 0 Å². The van der Waals surface area contributed by atoms with Crippen LogP contribution in [0.2, 0.25) is 0 Å². The third-order valence-electron chi connectivity index (χ3n) is 4.69. The number of nitrogens with one attached hydrogen (secondary N) is 1. The molecule has 3 rings (SSSR count). The number of carbonyl (C=O) groups excluding carboxylic acids is 1. The van der Waals surface area contributed by atoms with Crippen LogP contribution in [0.1, 0.15) is 22.3 Å². The third kappa shape index (κ3) is 5.54. The van der Waals surface area contributed by atoms with E-state index in [1.807, 2.05) is 0 Å². The van der Waals surface area contributed by atoms with E-state index in [1.54, 1.807) is 18.2 Å². The van der Waals surface area contributed by atoms with Crippen molar-refractivity contribution in [1.29, 1.82) is 0 Å². The number of carbonyl (C=O) groups is 1. The zero-order valence-electron chi connectivity index (χ0n) is 17.3. The molecule has 1 aromatic heterocycles. The number of pyridine rings is 1. The molecule has 168 valence electrons. The molecule has 0 aliphatic rings. The molecule has 0 fully saturated rings. The highest BCUT2D eigenvalue weighted by Crippen LogP contribution is 2.28. The van der Waals surface area contributed by atoms with Gasteiger partial charge in [0.2, 0.25) is 0 Å². The van der Waals surface area contributed by atoms with Crippen LogP contribution in [0.5, 0.6) is 0 Å². The number of esters is 1. The SMILES string of the molecule is COC(=O)c1c(F)cccc1-c1ccc(CNc2cc(SCCCO)cc[n+]2[O-])c(F)c1. The molecule has 32 heavy (non-hydrogen) atoms. The summed E-state index contributed by atoms with van der Waals surface area (Å²) in [6, 6.07) is 11.7. The molecular weight excluding hydrogens is 438 g/mol. The largest absolute Gasteiger partial charge is 0.711 e. The number of rotatable bonds is 9. The minimum atomic E-state index is -0.846. The second kappa shape index (κ2) is 10.9. The fraction of sp³-hybridized carbons (Fsp3) is 0.217. The van der Waals surface area contributed by atoms with Crippen molar-refractivity contribution < 1.29 is 28.1 Å². The first-order chi connectivity index (χ1) is 15.4.